The molecule has 0 aromatic rings. The zero-order chi connectivity index (χ0) is 15.6. The molecule has 1 saturated heterocycles. The average molecular weight is 300 g/mol. The molecule has 0 bridgehead atoms. The molecule has 0 radical (unpaired) electrons. The maximum Gasteiger partial charge on any atom is 0.0702 e. The summed E-state index contributed by atoms with van der Waals surface area (Å²) in [5.74, 6) is 0. The molecule has 1 rings (SSSR count). The molecule has 2 N–H and O–H groups in total. The number of ether oxygens (including phenoxy) is 1. The highest BCUT2D eigenvalue weighted by Crippen LogP contribution is 2.16. The lowest BCUT2D eigenvalue weighted by Crippen LogP contribution is -2.46. The van der Waals surface area contributed by atoms with E-state index in [0.717, 1.165) is 32.5 Å². The lowest BCUT2D eigenvalue weighted by Gasteiger charge is -2.33. The Bertz CT molecular complexity index is 261. The number of aliphatic hydroxyl groups is 1. The van der Waals surface area contributed by atoms with Gasteiger partial charge in [0.15, 0.2) is 0 Å². The Morgan fingerprint density at radius 2 is 2.14 bits per heavy atom. The average Bonchev–Trinajstić information content (AvgIpc) is 2.50. The maximum absolute atomic E-state index is 9.56. The van der Waals surface area contributed by atoms with Gasteiger partial charge in [-0.15, -0.1) is 0 Å². The van der Waals surface area contributed by atoms with Gasteiger partial charge in [0.05, 0.1) is 12.7 Å². The van der Waals surface area contributed by atoms with Gasteiger partial charge in [0, 0.05) is 18.7 Å². The second kappa shape index (κ2) is 10.5. The van der Waals surface area contributed by atoms with Gasteiger partial charge in [-0.05, 0) is 65.6 Å². The highest BCUT2D eigenvalue weighted by atomic mass is 16.5. The van der Waals surface area contributed by atoms with E-state index in [9.17, 15) is 5.11 Å². The van der Waals surface area contributed by atoms with E-state index < -0.39 is 0 Å². The fourth-order valence-corrected chi connectivity index (χ4v) is 3.09. The fraction of sp³-hybridized carbons (Fsp3) is 1.00. The van der Waals surface area contributed by atoms with Crippen LogP contribution in [0.3, 0.4) is 0 Å². The van der Waals surface area contributed by atoms with E-state index in [0.29, 0.717) is 6.10 Å². The van der Waals surface area contributed by atoms with Crippen LogP contribution in [-0.4, -0.2) is 61.0 Å². The van der Waals surface area contributed by atoms with Gasteiger partial charge in [0.25, 0.3) is 0 Å². The monoisotopic (exact) mass is 300 g/mol. The second-order valence-electron chi connectivity index (χ2n) is 6.62. The summed E-state index contributed by atoms with van der Waals surface area (Å²) < 4.78 is 5.75. The molecule has 0 saturated carbocycles. The number of likely N-dealkylation sites (tertiary alicyclic amines) is 1. The third-order valence-corrected chi connectivity index (χ3v) is 4.47. The van der Waals surface area contributed by atoms with E-state index in [1.807, 2.05) is 0 Å². The minimum Gasteiger partial charge on any atom is -0.394 e. The van der Waals surface area contributed by atoms with Crippen molar-refractivity contribution in [2.24, 2.45) is 0 Å². The van der Waals surface area contributed by atoms with Crippen molar-refractivity contribution in [3.63, 3.8) is 0 Å². The molecule has 0 aromatic carbocycles. The zero-order valence-electron chi connectivity index (χ0n) is 14.4. The van der Waals surface area contributed by atoms with Gasteiger partial charge in [-0.1, -0.05) is 13.3 Å². The Labute approximate surface area is 131 Å². The largest absolute Gasteiger partial charge is 0.394 e. The molecule has 4 heteroatoms. The topological polar surface area (TPSA) is 44.7 Å². The first-order valence-corrected chi connectivity index (χ1v) is 8.83. The molecule has 4 nitrogen and oxygen atoms in total. The van der Waals surface area contributed by atoms with Gasteiger partial charge in [-0.2, -0.15) is 0 Å². The lowest BCUT2D eigenvalue weighted by molar-refractivity contribution is 0.00539. The van der Waals surface area contributed by atoms with Crippen molar-refractivity contribution < 1.29 is 9.84 Å². The van der Waals surface area contributed by atoms with Crippen LogP contribution in [0.5, 0.6) is 0 Å². The summed E-state index contributed by atoms with van der Waals surface area (Å²) in [6.45, 7) is 11.9. The second-order valence-corrected chi connectivity index (χ2v) is 6.62. The predicted molar refractivity (Wildman–Crippen MR) is 88.7 cm³/mol. The van der Waals surface area contributed by atoms with Gasteiger partial charge in [0.1, 0.15) is 0 Å². The van der Waals surface area contributed by atoms with Crippen LogP contribution in [0.15, 0.2) is 0 Å². The standard InChI is InChI=1S/C17H36N2O2/c1-4-11-18-17(3,15-20)10-6-7-12-19-13-8-9-16(14-19)21-5-2/h16,18,20H,4-15H2,1-3H3. The van der Waals surface area contributed by atoms with E-state index in [1.54, 1.807) is 0 Å². The van der Waals surface area contributed by atoms with Crippen molar-refractivity contribution in [2.75, 3.05) is 39.4 Å². The van der Waals surface area contributed by atoms with Crippen molar-refractivity contribution in [1.82, 2.24) is 10.2 Å². The van der Waals surface area contributed by atoms with Crippen LogP contribution in [0.4, 0.5) is 0 Å². The molecule has 126 valence electrons. The SMILES string of the molecule is CCCNC(C)(CO)CCCCN1CCCC(OCC)C1. The minimum atomic E-state index is -0.105. The molecule has 0 spiro atoms. The van der Waals surface area contributed by atoms with Crippen molar-refractivity contribution in [3.05, 3.63) is 0 Å². The Balaban J connectivity index is 2.17. The van der Waals surface area contributed by atoms with Crippen LogP contribution in [-0.2, 0) is 4.74 Å². The molecule has 2 unspecified atom stereocenters. The van der Waals surface area contributed by atoms with Gasteiger partial charge in [-0.25, -0.2) is 0 Å². The molecule has 1 aliphatic rings. The highest BCUT2D eigenvalue weighted by Gasteiger charge is 2.22. The van der Waals surface area contributed by atoms with Crippen molar-refractivity contribution in [2.45, 2.75) is 70.9 Å². The third kappa shape index (κ3) is 7.59. The van der Waals surface area contributed by atoms with Crippen molar-refractivity contribution >= 4 is 0 Å². The lowest BCUT2D eigenvalue weighted by atomic mass is 9.95. The predicted octanol–water partition coefficient (Wildman–Crippen LogP) is 2.41. The van der Waals surface area contributed by atoms with Gasteiger partial charge in [0.2, 0.25) is 0 Å². The summed E-state index contributed by atoms with van der Waals surface area (Å²) in [5, 5.41) is 13.0. The third-order valence-electron chi connectivity index (χ3n) is 4.47. The number of nitrogens with zero attached hydrogens (tertiary/aromatic N) is 1. The number of rotatable bonds is 11. The summed E-state index contributed by atoms with van der Waals surface area (Å²) in [6.07, 6.45) is 7.46. The van der Waals surface area contributed by atoms with Crippen LogP contribution in [0.25, 0.3) is 0 Å². The molecule has 0 amide bonds. The number of aliphatic hydroxyl groups excluding tert-OH is 1. The Hall–Kier alpha value is -0.160. The molecule has 1 fully saturated rings. The van der Waals surface area contributed by atoms with E-state index >= 15 is 0 Å². The quantitative estimate of drug-likeness (QED) is 0.575. The van der Waals surface area contributed by atoms with Crippen LogP contribution in [0, 0.1) is 0 Å². The van der Waals surface area contributed by atoms with Crippen LogP contribution >= 0.6 is 0 Å². The molecule has 21 heavy (non-hydrogen) atoms. The zero-order valence-corrected chi connectivity index (χ0v) is 14.4. The first-order chi connectivity index (χ1) is 10.1. The molecule has 2 atom stereocenters. The van der Waals surface area contributed by atoms with E-state index in [1.165, 1.54) is 38.8 Å². The van der Waals surface area contributed by atoms with Gasteiger partial charge >= 0.3 is 0 Å². The van der Waals surface area contributed by atoms with E-state index in [2.05, 4.69) is 31.0 Å². The van der Waals surface area contributed by atoms with Crippen molar-refractivity contribution in [3.8, 4) is 0 Å². The Kier molecular flexibility index (Phi) is 9.49. The summed E-state index contributed by atoms with van der Waals surface area (Å²) in [4.78, 5) is 2.54. The molecule has 0 aromatic heterocycles. The van der Waals surface area contributed by atoms with Crippen LogP contribution in [0.1, 0.15) is 59.3 Å². The fourth-order valence-electron chi connectivity index (χ4n) is 3.09. The minimum absolute atomic E-state index is 0.105. The van der Waals surface area contributed by atoms with Gasteiger partial charge < -0.3 is 20.1 Å². The highest BCUT2D eigenvalue weighted by molar-refractivity contribution is 4.82. The van der Waals surface area contributed by atoms with Gasteiger partial charge in [-0.3, -0.25) is 0 Å². The smallest absolute Gasteiger partial charge is 0.0702 e. The maximum atomic E-state index is 9.56. The number of piperidine rings is 1. The first-order valence-electron chi connectivity index (χ1n) is 8.83. The molecule has 1 heterocycles. The Morgan fingerprint density at radius 3 is 2.81 bits per heavy atom. The summed E-state index contributed by atoms with van der Waals surface area (Å²) in [5.41, 5.74) is -0.105. The summed E-state index contributed by atoms with van der Waals surface area (Å²) in [7, 11) is 0. The number of unbranched alkanes of at least 4 members (excludes halogenated alkanes) is 1. The van der Waals surface area contributed by atoms with Crippen LogP contribution < -0.4 is 5.32 Å². The van der Waals surface area contributed by atoms with E-state index in [4.69, 9.17) is 4.74 Å². The summed E-state index contributed by atoms with van der Waals surface area (Å²) >= 11 is 0. The molecular weight excluding hydrogens is 264 g/mol. The molecule has 0 aliphatic carbocycles. The first kappa shape index (κ1) is 18.9. The van der Waals surface area contributed by atoms with Crippen molar-refractivity contribution in [1.29, 1.82) is 0 Å². The molecular formula is C17H36N2O2. The number of nitrogens with one attached hydrogen (secondary N) is 1. The normalized spacial score (nSPS) is 23.1. The Morgan fingerprint density at radius 1 is 1.33 bits per heavy atom. The molecule has 1 aliphatic heterocycles. The van der Waals surface area contributed by atoms with Crippen LogP contribution in [0.2, 0.25) is 0 Å². The summed E-state index contributed by atoms with van der Waals surface area (Å²) in [6, 6.07) is 0. The number of hydrogen-bond donors (Lipinski definition) is 2. The van der Waals surface area contributed by atoms with E-state index in [-0.39, 0.29) is 12.1 Å². The number of hydrogen-bond acceptors (Lipinski definition) is 4.